The second-order valence-corrected chi connectivity index (χ2v) is 6.94. The summed E-state index contributed by atoms with van der Waals surface area (Å²) in [4.78, 5) is 2.56. The van der Waals surface area contributed by atoms with Crippen LogP contribution in [0.2, 0.25) is 0 Å². The van der Waals surface area contributed by atoms with Gasteiger partial charge < -0.3 is 5.32 Å². The zero-order valence-corrected chi connectivity index (χ0v) is 13.7. The zero-order valence-electron chi connectivity index (χ0n) is 11.3. The van der Waals surface area contributed by atoms with Crippen LogP contribution in [-0.4, -0.2) is 6.54 Å². The molecule has 0 saturated carbocycles. The highest BCUT2D eigenvalue weighted by molar-refractivity contribution is 9.10. The van der Waals surface area contributed by atoms with Crippen molar-refractivity contribution in [3.8, 4) is 0 Å². The van der Waals surface area contributed by atoms with Crippen LogP contribution in [-0.2, 0) is 0 Å². The molecular weight excluding hydrogens is 325 g/mol. The first-order chi connectivity index (χ1) is 9.01. The number of aryl methyl sites for hydroxylation is 2. The van der Waals surface area contributed by atoms with Crippen molar-refractivity contribution in [2.45, 2.75) is 26.8 Å². The molecule has 1 aromatic heterocycles. The van der Waals surface area contributed by atoms with Gasteiger partial charge in [-0.05, 0) is 55.8 Å². The van der Waals surface area contributed by atoms with Gasteiger partial charge in [0.25, 0.3) is 0 Å². The third kappa shape index (κ3) is 3.44. The van der Waals surface area contributed by atoms with Crippen LogP contribution in [0.15, 0.2) is 28.7 Å². The summed E-state index contributed by atoms with van der Waals surface area (Å²) in [6.45, 7) is 7.13. The third-order valence-electron chi connectivity index (χ3n) is 3.02. The minimum absolute atomic E-state index is 0.0435. The molecule has 0 radical (unpaired) electrons. The highest BCUT2D eigenvalue weighted by Crippen LogP contribution is 2.32. The number of benzene rings is 1. The smallest absolute Gasteiger partial charge is 0.124 e. The number of rotatable bonds is 4. The fourth-order valence-electron chi connectivity index (χ4n) is 2.29. The lowest BCUT2D eigenvalue weighted by atomic mass is 9.99. The highest BCUT2D eigenvalue weighted by atomic mass is 79.9. The van der Waals surface area contributed by atoms with Crippen molar-refractivity contribution in [2.75, 3.05) is 6.54 Å². The molecule has 4 heteroatoms. The predicted molar refractivity (Wildman–Crippen MR) is 83.4 cm³/mol. The number of thiophene rings is 1. The molecule has 102 valence electrons. The van der Waals surface area contributed by atoms with Crippen LogP contribution in [0, 0.1) is 19.7 Å². The molecule has 1 nitrogen and oxygen atoms in total. The van der Waals surface area contributed by atoms with E-state index >= 15 is 0 Å². The first-order valence-corrected chi connectivity index (χ1v) is 7.88. The van der Waals surface area contributed by atoms with Crippen LogP contribution in [0.5, 0.6) is 0 Å². The second kappa shape index (κ2) is 6.16. The summed E-state index contributed by atoms with van der Waals surface area (Å²) in [5.74, 6) is -0.211. The monoisotopic (exact) mass is 341 g/mol. The number of nitrogens with one attached hydrogen (secondary N) is 1. The molecule has 0 amide bonds. The van der Waals surface area contributed by atoms with Crippen molar-refractivity contribution in [2.24, 2.45) is 0 Å². The first kappa shape index (κ1) is 14.7. The Morgan fingerprint density at radius 3 is 2.53 bits per heavy atom. The molecule has 1 heterocycles. The van der Waals surface area contributed by atoms with Gasteiger partial charge in [-0.1, -0.05) is 22.9 Å². The maximum atomic E-state index is 13.6. The SMILES string of the molecule is CCNC(c1cc(F)cc(Br)c1)c1cc(C)sc1C. The van der Waals surface area contributed by atoms with Crippen molar-refractivity contribution in [3.05, 3.63) is 55.4 Å². The normalized spacial score (nSPS) is 12.7. The summed E-state index contributed by atoms with van der Waals surface area (Å²) < 4.78 is 14.4. The van der Waals surface area contributed by atoms with Gasteiger partial charge in [0, 0.05) is 14.2 Å². The van der Waals surface area contributed by atoms with Gasteiger partial charge in [0.15, 0.2) is 0 Å². The van der Waals surface area contributed by atoms with E-state index in [1.165, 1.54) is 21.4 Å². The third-order valence-corrected chi connectivity index (χ3v) is 4.46. The van der Waals surface area contributed by atoms with Crippen LogP contribution in [0.25, 0.3) is 0 Å². The summed E-state index contributed by atoms with van der Waals surface area (Å²) in [5.41, 5.74) is 2.19. The maximum absolute atomic E-state index is 13.6. The number of hydrogen-bond donors (Lipinski definition) is 1. The number of hydrogen-bond acceptors (Lipinski definition) is 2. The van der Waals surface area contributed by atoms with Crippen LogP contribution >= 0.6 is 27.3 Å². The van der Waals surface area contributed by atoms with Crippen molar-refractivity contribution in [3.63, 3.8) is 0 Å². The Bertz CT molecular complexity index is 559. The predicted octanol–water partition coefficient (Wildman–Crippen LogP) is 4.97. The van der Waals surface area contributed by atoms with Crippen LogP contribution in [0.4, 0.5) is 4.39 Å². The molecule has 0 saturated heterocycles. The lowest BCUT2D eigenvalue weighted by molar-refractivity contribution is 0.602. The summed E-state index contributed by atoms with van der Waals surface area (Å²) in [6, 6.07) is 7.29. The molecule has 0 bridgehead atoms. The summed E-state index contributed by atoms with van der Waals surface area (Å²) in [7, 11) is 0. The van der Waals surface area contributed by atoms with E-state index in [2.05, 4.69) is 48.1 Å². The Morgan fingerprint density at radius 1 is 1.26 bits per heavy atom. The van der Waals surface area contributed by atoms with Crippen LogP contribution in [0.1, 0.15) is 33.8 Å². The lowest BCUT2D eigenvalue weighted by Crippen LogP contribution is -2.22. The Hall–Kier alpha value is -0.710. The average molecular weight is 342 g/mol. The maximum Gasteiger partial charge on any atom is 0.124 e. The quantitative estimate of drug-likeness (QED) is 0.828. The van der Waals surface area contributed by atoms with Gasteiger partial charge in [-0.2, -0.15) is 0 Å². The molecule has 2 rings (SSSR count). The Kier molecular flexibility index (Phi) is 4.76. The fourth-order valence-corrected chi connectivity index (χ4v) is 3.74. The molecule has 0 spiro atoms. The summed E-state index contributed by atoms with van der Waals surface area (Å²) in [5, 5.41) is 3.44. The van der Waals surface area contributed by atoms with Crippen LogP contribution < -0.4 is 5.32 Å². The van der Waals surface area contributed by atoms with Crippen molar-refractivity contribution >= 4 is 27.3 Å². The summed E-state index contributed by atoms with van der Waals surface area (Å²) in [6.07, 6.45) is 0. The molecule has 0 fully saturated rings. The molecule has 1 unspecified atom stereocenters. The van der Waals surface area contributed by atoms with E-state index in [9.17, 15) is 4.39 Å². The standard InChI is InChI=1S/C15H17BrFNS/c1-4-18-15(14-5-9(2)19-10(14)3)11-6-12(16)8-13(17)7-11/h5-8,15,18H,4H2,1-3H3. The van der Waals surface area contributed by atoms with Gasteiger partial charge in [0.1, 0.15) is 5.82 Å². The van der Waals surface area contributed by atoms with Crippen molar-refractivity contribution in [1.82, 2.24) is 5.32 Å². The first-order valence-electron chi connectivity index (χ1n) is 6.27. The molecule has 0 aliphatic heterocycles. The fraction of sp³-hybridized carbons (Fsp3) is 0.333. The van der Waals surface area contributed by atoms with Gasteiger partial charge in [0.2, 0.25) is 0 Å². The van der Waals surface area contributed by atoms with Gasteiger partial charge in [-0.15, -0.1) is 11.3 Å². The van der Waals surface area contributed by atoms with Gasteiger partial charge in [0.05, 0.1) is 6.04 Å². The minimum Gasteiger partial charge on any atom is -0.306 e. The van der Waals surface area contributed by atoms with E-state index in [4.69, 9.17) is 0 Å². The molecule has 0 aliphatic rings. The molecular formula is C15H17BrFNS. The Balaban J connectivity index is 2.47. The Morgan fingerprint density at radius 2 is 2.00 bits per heavy atom. The van der Waals surface area contributed by atoms with E-state index in [1.807, 2.05) is 6.07 Å². The average Bonchev–Trinajstić information content (AvgIpc) is 2.64. The number of halogens is 2. The van der Waals surface area contributed by atoms with E-state index < -0.39 is 0 Å². The van der Waals surface area contributed by atoms with E-state index in [0.29, 0.717) is 0 Å². The molecule has 1 atom stereocenters. The topological polar surface area (TPSA) is 12.0 Å². The van der Waals surface area contributed by atoms with Gasteiger partial charge in [-0.25, -0.2) is 4.39 Å². The lowest BCUT2D eigenvalue weighted by Gasteiger charge is -2.19. The highest BCUT2D eigenvalue weighted by Gasteiger charge is 2.18. The molecule has 0 aliphatic carbocycles. The van der Waals surface area contributed by atoms with Crippen LogP contribution in [0.3, 0.4) is 0 Å². The molecule has 2 aromatic rings. The minimum atomic E-state index is -0.211. The molecule has 1 N–H and O–H groups in total. The second-order valence-electron chi connectivity index (χ2n) is 4.56. The Labute approximate surface area is 126 Å². The van der Waals surface area contributed by atoms with E-state index in [1.54, 1.807) is 17.4 Å². The largest absolute Gasteiger partial charge is 0.306 e. The van der Waals surface area contributed by atoms with E-state index in [-0.39, 0.29) is 11.9 Å². The van der Waals surface area contributed by atoms with E-state index in [0.717, 1.165) is 16.6 Å². The molecule has 19 heavy (non-hydrogen) atoms. The molecule has 1 aromatic carbocycles. The zero-order chi connectivity index (χ0) is 14.0. The van der Waals surface area contributed by atoms with Gasteiger partial charge in [-0.3, -0.25) is 0 Å². The van der Waals surface area contributed by atoms with Crippen molar-refractivity contribution in [1.29, 1.82) is 0 Å². The summed E-state index contributed by atoms with van der Waals surface area (Å²) >= 11 is 5.14. The van der Waals surface area contributed by atoms with Crippen molar-refractivity contribution < 1.29 is 4.39 Å². The van der Waals surface area contributed by atoms with Gasteiger partial charge >= 0.3 is 0 Å².